The molecule has 0 aliphatic rings. The zero-order valence-electron chi connectivity index (χ0n) is 15.2. The summed E-state index contributed by atoms with van der Waals surface area (Å²) in [5.41, 5.74) is 5.34. The first kappa shape index (κ1) is 17.5. The van der Waals surface area contributed by atoms with Crippen LogP contribution in [0.1, 0.15) is 30.9 Å². The summed E-state index contributed by atoms with van der Waals surface area (Å²) in [4.78, 5) is 8.63. The average molecular weight is 378 g/mol. The van der Waals surface area contributed by atoms with Crippen molar-refractivity contribution < 1.29 is 0 Å². The van der Waals surface area contributed by atoms with Gasteiger partial charge in [0, 0.05) is 12.1 Å². The molecule has 0 saturated heterocycles. The van der Waals surface area contributed by atoms with E-state index in [0.717, 1.165) is 16.8 Å². The minimum absolute atomic E-state index is 0.215. The molecular formula is C21H20ClN5. The lowest BCUT2D eigenvalue weighted by Crippen LogP contribution is -2.09. The van der Waals surface area contributed by atoms with Crippen molar-refractivity contribution in [2.75, 3.05) is 5.32 Å². The number of hydrogen-bond acceptors (Lipinski definition) is 4. The van der Waals surface area contributed by atoms with E-state index in [1.54, 1.807) is 4.52 Å². The Bertz CT molecular complexity index is 1060. The van der Waals surface area contributed by atoms with E-state index in [9.17, 15) is 0 Å². The Morgan fingerprint density at radius 1 is 0.963 bits per heavy atom. The lowest BCUT2D eigenvalue weighted by atomic mass is 10.0. The Kier molecular flexibility index (Phi) is 4.77. The minimum Gasteiger partial charge on any atom is -0.350 e. The molecule has 1 N–H and O–H groups in total. The van der Waals surface area contributed by atoms with Gasteiger partial charge in [-0.15, -0.1) is 0 Å². The van der Waals surface area contributed by atoms with Crippen molar-refractivity contribution >= 4 is 23.2 Å². The topological polar surface area (TPSA) is 55.1 Å². The first-order valence-electron chi connectivity index (χ1n) is 8.91. The molecule has 2 aromatic carbocycles. The van der Waals surface area contributed by atoms with E-state index >= 15 is 0 Å². The van der Waals surface area contributed by atoms with Gasteiger partial charge in [0.25, 0.3) is 0 Å². The van der Waals surface area contributed by atoms with Gasteiger partial charge in [0.05, 0.1) is 6.20 Å². The Balaban J connectivity index is 1.55. The third-order valence-electron chi connectivity index (χ3n) is 4.50. The molecule has 0 fully saturated rings. The molecule has 4 rings (SSSR count). The predicted molar refractivity (Wildman–Crippen MR) is 109 cm³/mol. The number of aromatic nitrogens is 4. The van der Waals surface area contributed by atoms with E-state index in [1.807, 2.05) is 24.4 Å². The van der Waals surface area contributed by atoms with E-state index in [1.165, 1.54) is 11.1 Å². The van der Waals surface area contributed by atoms with E-state index in [2.05, 4.69) is 70.6 Å². The molecule has 0 aliphatic heterocycles. The molecule has 0 aliphatic carbocycles. The Morgan fingerprint density at radius 2 is 1.67 bits per heavy atom. The number of fused-ring (bicyclic) bond motifs is 1. The van der Waals surface area contributed by atoms with Crippen LogP contribution in [0.5, 0.6) is 0 Å². The lowest BCUT2D eigenvalue weighted by molar-refractivity contribution is 0.865. The van der Waals surface area contributed by atoms with Crippen LogP contribution >= 0.6 is 11.6 Å². The molecule has 0 bridgehead atoms. The summed E-state index contributed by atoms with van der Waals surface area (Å²) >= 11 is 6.12. The van der Waals surface area contributed by atoms with Crippen molar-refractivity contribution in [1.82, 2.24) is 19.6 Å². The second kappa shape index (κ2) is 7.37. The predicted octanol–water partition coefficient (Wildman–Crippen LogP) is 5.18. The number of rotatable bonds is 5. The van der Waals surface area contributed by atoms with Crippen LogP contribution in [-0.4, -0.2) is 19.6 Å². The van der Waals surface area contributed by atoms with Gasteiger partial charge >= 0.3 is 0 Å². The van der Waals surface area contributed by atoms with Crippen molar-refractivity contribution in [2.24, 2.45) is 0 Å². The van der Waals surface area contributed by atoms with Crippen LogP contribution in [0.15, 0.2) is 60.8 Å². The summed E-state index contributed by atoms with van der Waals surface area (Å²) in [6.07, 6.45) is 1.82. The van der Waals surface area contributed by atoms with Gasteiger partial charge in [0.2, 0.25) is 11.2 Å². The second-order valence-corrected chi connectivity index (χ2v) is 7.06. The van der Waals surface area contributed by atoms with Gasteiger partial charge in [-0.25, -0.2) is 0 Å². The van der Waals surface area contributed by atoms with Gasteiger partial charge in [0.1, 0.15) is 0 Å². The third-order valence-corrected chi connectivity index (χ3v) is 4.67. The molecule has 6 heteroatoms. The molecule has 4 aromatic rings. The van der Waals surface area contributed by atoms with Gasteiger partial charge in [0.15, 0.2) is 5.65 Å². The fraction of sp³-hybridized carbons (Fsp3) is 0.190. The molecule has 2 aromatic heterocycles. The average Bonchev–Trinajstić information content (AvgIpc) is 3.11. The molecular weight excluding hydrogens is 358 g/mol. The summed E-state index contributed by atoms with van der Waals surface area (Å²) in [5, 5.41) is 7.95. The molecule has 0 saturated carbocycles. The zero-order chi connectivity index (χ0) is 18.8. The highest BCUT2D eigenvalue weighted by atomic mass is 35.5. The van der Waals surface area contributed by atoms with Crippen molar-refractivity contribution in [2.45, 2.75) is 26.3 Å². The van der Waals surface area contributed by atoms with Gasteiger partial charge in [-0.05, 0) is 34.2 Å². The SMILES string of the molecule is CC(C)c1cnn2c(NCc3ccc(-c4ccccc4)cc3)nc(Cl)nc12. The molecule has 0 spiro atoms. The van der Waals surface area contributed by atoms with Gasteiger partial charge < -0.3 is 5.32 Å². The first-order valence-corrected chi connectivity index (χ1v) is 9.29. The highest BCUT2D eigenvalue weighted by molar-refractivity contribution is 6.28. The molecule has 27 heavy (non-hydrogen) atoms. The van der Waals surface area contributed by atoms with Crippen LogP contribution < -0.4 is 5.32 Å². The number of nitrogens with zero attached hydrogens (tertiary/aromatic N) is 4. The summed E-state index contributed by atoms with van der Waals surface area (Å²) < 4.78 is 1.71. The summed E-state index contributed by atoms with van der Waals surface area (Å²) in [5.74, 6) is 0.899. The second-order valence-electron chi connectivity index (χ2n) is 6.72. The van der Waals surface area contributed by atoms with Crippen molar-refractivity contribution in [1.29, 1.82) is 0 Å². The lowest BCUT2D eigenvalue weighted by Gasteiger charge is -2.09. The highest BCUT2D eigenvalue weighted by Gasteiger charge is 2.14. The number of benzene rings is 2. The molecule has 0 atom stereocenters. The van der Waals surface area contributed by atoms with Gasteiger partial charge in [-0.1, -0.05) is 68.4 Å². The zero-order valence-corrected chi connectivity index (χ0v) is 16.0. The monoisotopic (exact) mass is 377 g/mol. The Morgan fingerprint density at radius 3 is 2.37 bits per heavy atom. The molecule has 0 amide bonds. The summed E-state index contributed by atoms with van der Waals surface area (Å²) in [6.45, 7) is 4.83. The molecule has 0 unspecified atom stereocenters. The molecule has 0 radical (unpaired) electrons. The van der Waals surface area contributed by atoms with E-state index in [0.29, 0.717) is 18.4 Å². The third kappa shape index (κ3) is 3.64. The quantitative estimate of drug-likeness (QED) is 0.520. The molecule has 136 valence electrons. The fourth-order valence-electron chi connectivity index (χ4n) is 3.02. The van der Waals surface area contributed by atoms with Gasteiger partial charge in [-0.2, -0.15) is 19.6 Å². The van der Waals surface area contributed by atoms with Crippen molar-refractivity contribution in [3.05, 3.63) is 77.2 Å². The van der Waals surface area contributed by atoms with E-state index in [4.69, 9.17) is 11.6 Å². The molecule has 2 heterocycles. The van der Waals surface area contributed by atoms with Crippen LogP contribution in [0.25, 0.3) is 16.8 Å². The van der Waals surface area contributed by atoms with Crippen molar-refractivity contribution in [3.63, 3.8) is 0 Å². The minimum atomic E-state index is 0.215. The standard InChI is InChI=1S/C21H20ClN5/c1-14(2)18-13-24-27-19(18)25-20(22)26-21(27)23-12-15-8-10-17(11-9-15)16-6-4-3-5-7-16/h3-11,13-14H,12H2,1-2H3,(H,23,25,26). The van der Waals surface area contributed by atoms with Gasteiger partial charge in [-0.3, -0.25) is 0 Å². The number of nitrogens with one attached hydrogen (secondary N) is 1. The van der Waals surface area contributed by atoms with Crippen LogP contribution in [-0.2, 0) is 6.54 Å². The Hall–Kier alpha value is -2.92. The first-order chi connectivity index (χ1) is 13.1. The van der Waals surface area contributed by atoms with Crippen LogP contribution in [0.2, 0.25) is 5.28 Å². The highest BCUT2D eigenvalue weighted by Crippen LogP contribution is 2.23. The maximum absolute atomic E-state index is 6.12. The van der Waals surface area contributed by atoms with Crippen molar-refractivity contribution in [3.8, 4) is 11.1 Å². The number of hydrogen-bond donors (Lipinski definition) is 1. The Labute approximate surface area is 163 Å². The number of halogens is 1. The van der Waals surface area contributed by atoms with Crippen LogP contribution in [0.3, 0.4) is 0 Å². The van der Waals surface area contributed by atoms with E-state index in [-0.39, 0.29) is 5.28 Å². The van der Waals surface area contributed by atoms with Crippen LogP contribution in [0.4, 0.5) is 5.95 Å². The normalized spacial score (nSPS) is 11.3. The summed E-state index contributed by atoms with van der Waals surface area (Å²) in [7, 11) is 0. The van der Waals surface area contributed by atoms with Crippen LogP contribution in [0, 0.1) is 0 Å². The largest absolute Gasteiger partial charge is 0.350 e. The smallest absolute Gasteiger partial charge is 0.228 e. The maximum atomic E-state index is 6.12. The molecule has 5 nitrogen and oxygen atoms in total. The van der Waals surface area contributed by atoms with E-state index < -0.39 is 0 Å². The maximum Gasteiger partial charge on any atom is 0.228 e. The number of anilines is 1. The summed E-state index contributed by atoms with van der Waals surface area (Å²) in [6, 6.07) is 18.8. The fourth-order valence-corrected chi connectivity index (χ4v) is 3.18.